The second-order valence-corrected chi connectivity index (χ2v) is 5.46. The van der Waals surface area contributed by atoms with Gasteiger partial charge in [-0.2, -0.15) is 0 Å². The Kier molecular flexibility index (Phi) is 5.19. The summed E-state index contributed by atoms with van der Waals surface area (Å²) in [5.74, 6) is -0.169. The number of amides is 3. The summed E-state index contributed by atoms with van der Waals surface area (Å²) in [5.41, 5.74) is 0. The van der Waals surface area contributed by atoms with Gasteiger partial charge < -0.3 is 25.0 Å². The van der Waals surface area contributed by atoms with E-state index < -0.39 is 6.04 Å². The first-order valence-electron chi connectivity index (χ1n) is 7.11. The van der Waals surface area contributed by atoms with Gasteiger partial charge in [-0.3, -0.25) is 4.79 Å². The molecule has 2 heterocycles. The molecular formula is C13H23N3O4. The molecule has 0 aromatic carbocycles. The van der Waals surface area contributed by atoms with Crippen LogP contribution in [0.1, 0.15) is 20.3 Å². The molecule has 2 fully saturated rings. The van der Waals surface area contributed by atoms with Crippen LogP contribution in [0.2, 0.25) is 0 Å². The fourth-order valence-corrected chi connectivity index (χ4v) is 2.35. The van der Waals surface area contributed by atoms with Crippen LogP contribution in [0, 0.1) is 0 Å². The molecule has 2 rings (SSSR count). The van der Waals surface area contributed by atoms with Crippen molar-refractivity contribution in [3.63, 3.8) is 0 Å². The third-order valence-corrected chi connectivity index (χ3v) is 3.38. The van der Waals surface area contributed by atoms with Gasteiger partial charge in [0.05, 0.1) is 25.9 Å². The first-order valence-corrected chi connectivity index (χ1v) is 7.11. The Morgan fingerprint density at radius 1 is 1.20 bits per heavy atom. The number of carbonyl (C=O) groups is 2. The molecule has 7 nitrogen and oxygen atoms in total. The number of urea groups is 1. The molecule has 3 amide bonds. The van der Waals surface area contributed by atoms with Gasteiger partial charge in [0.1, 0.15) is 6.04 Å². The number of nitrogens with one attached hydrogen (secondary N) is 2. The summed E-state index contributed by atoms with van der Waals surface area (Å²) in [7, 11) is 0. The molecule has 20 heavy (non-hydrogen) atoms. The summed E-state index contributed by atoms with van der Waals surface area (Å²) in [6, 6.07) is -0.696. The highest BCUT2D eigenvalue weighted by Gasteiger charge is 2.34. The van der Waals surface area contributed by atoms with Crippen molar-refractivity contribution < 1.29 is 19.1 Å². The van der Waals surface area contributed by atoms with Crippen LogP contribution in [0.15, 0.2) is 0 Å². The minimum atomic E-state index is -0.562. The second-order valence-electron chi connectivity index (χ2n) is 5.46. The highest BCUT2D eigenvalue weighted by molar-refractivity contribution is 5.87. The van der Waals surface area contributed by atoms with Crippen LogP contribution >= 0.6 is 0 Å². The van der Waals surface area contributed by atoms with E-state index in [1.165, 1.54) is 0 Å². The fourth-order valence-electron chi connectivity index (χ4n) is 2.35. The minimum Gasteiger partial charge on any atom is -0.379 e. The van der Waals surface area contributed by atoms with Crippen molar-refractivity contribution in [2.45, 2.75) is 38.4 Å². The molecule has 2 aliphatic heterocycles. The van der Waals surface area contributed by atoms with Crippen LogP contribution in [0.5, 0.6) is 0 Å². The summed E-state index contributed by atoms with van der Waals surface area (Å²) < 4.78 is 10.6. The molecule has 0 aromatic rings. The Morgan fingerprint density at radius 3 is 2.60 bits per heavy atom. The molecule has 2 N–H and O–H groups in total. The van der Waals surface area contributed by atoms with E-state index in [2.05, 4.69) is 10.6 Å². The van der Waals surface area contributed by atoms with Crippen LogP contribution in [0.25, 0.3) is 0 Å². The van der Waals surface area contributed by atoms with E-state index in [0.717, 1.165) is 6.42 Å². The molecule has 2 saturated heterocycles. The molecule has 0 saturated carbocycles. The van der Waals surface area contributed by atoms with Crippen LogP contribution in [0.4, 0.5) is 4.79 Å². The molecule has 0 aromatic heterocycles. The zero-order valence-electron chi connectivity index (χ0n) is 12.1. The van der Waals surface area contributed by atoms with Gasteiger partial charge in [-0.1, -0.05) is 0 Å². The molecule has 7 heteroatoms. The lowest BCUT2D eigenvalue weighted by Crippen LogP contribution is -2.60. The Morgan fingerprint density at radius 2 is 1.95 bits per heavy atom. The van der Waals surface area contributed by atoms with Gasteiger partial charge in [-0.05, 0) is 20.3 Å². The van der Waals surface area contributed by atoms with E-state index >= 15 is 0 Å². The molecule has 0 aliphatic carbocycles. The fraction of sp³-hybridized carbons (Fsp3) is 0.846. The maximum absolute atomic E-state index is 12.3. The number of hydrogen-bond donors (Lipinski definition) is 2. The zero-order chi connectivity index (χ0) is 14.5. The highest BCUT2D eigenvalue weighted by atomic mass is 16.5. The number of hydrogen-bond acceptors (Lipinski definition) is 4. The smallest absolute Gasteiger partial charge is 0.318 e. The van der Waals surface area contributed by atoms with Crippen molar-refractivity contribution in [2.75, 3.05) is 33.0 Å². The molecule has 0 spiro atoms. The summed E-state index contributed by atoms with van der Waals surface area (Å²) >= 11 is 0. The van der Waals surface area contributed by atoms with Crippen molar-refractivity contribution in [1.82, 2.24) is 15.5 Å². The van der Waals surface area contributed by atoms with Crippen molar-refractivity contribution in [3.05, 3.63) is 0 Å². The predicted molar refractivity (Wildman–Crippen MR) is 72.3 cm³/mol. The minimum absolute atomic E-state index is 0.0394. The molecule has 114 valence electrons. The van der Waals surface area contributed by atoms with Gasteiger partial charge >= 0.3 is 6.03 Å². The van der Waals surface area contributed by atoms with Crippen molar-refractivity contribution in [1.29, 1.82) is 0 Å². The van der Waals surface area contributed by atoms with Gasteiger partial charge in [-0.25, -0.2) is 4.79 Å². The van der Waals surface area contributed by atoms with Gasteiger partial charge in [0.25, 0.3) is 0 Å². The largest absolute Gasteiger partial charge is 0.379 e. The number of carbonyl (C=O) groups excluding carboxylic acids is 2. The van der Waals surface area contributed by atoms with Crippen molar-refractivity contribution in [3.8, 4) is 0 Å². The van der Waals surface area contributed by atoms with Crippen LogP contribution in [0.3, 0.4) is 0 Å². The normalized spacial score (nSPS) is 26.6. The van der Waals surface area contributed by atoms with Gasteiger partial charge in [0, 0.05) is 19.2 Å². The van der Waals surface area contributed by atoms with Crippen LogP contribution in [-0.2, 0) is 14.3 Å². The van der Waals surface area contributed by atoms with E-state index in [0.29, 0.717) is 26.4 Å². The molecule has 2 atom stereocenters. The number of morpholine rings is 1. The van der Waals surface area contributed by atoms with Crippen molar-refractivity contribution >= 4 is 11.9 Å². The number of nitrogens with zero attached hydrogens (tertiary/aromatic N) is 1. The molecule has 0 radical (unpaired) electrons. The maximum Gasteiger partial charge on any atom is 0.318 e. The summed E-state index contributed by atoms with van der Waals surface area (Å²) in [6.07, 6.45) is 0.818. The third kappa shape index (κ3) is 3.83. The zero-order valence-corrected chi connectivity index (χ0v) is 12.1. The monoisotopic (exact) mass is 285 g/mol. The summed E-state index contributed by atoms with van der Waals surface area (Å²) in [5, 5.41) is 5.74. The van der Waals surface area contributed by atoms with Gasteiger partial charge in [0.15, 0.2) is 0 Å². The standard InChI is InChI=1S/C13H23N3O4/c1-9(2)14-12(17)11-8-20-6-4-16(11)13(18)15-10-3-5-19-7-10/h9-11H,3-8H2,1-2H3,(H,14,17)(H,15,18). The Labute approximate surface area is 119 Å². The van der Waals surface area contributed by atoms with Crippen LogP contribution in [-0.4, -0.2) is 67.9 Å². The Bertz CT molecular complexity index is 356. The lowest BCUT2D eigenvalue weighted by Gasteiger charge is -2.35. The van der Waals surface area contributed by atoms with Crippen LogP contribution < -0.4 is 10.6 Å². The molecule has 0 bridgehead atoms. The van der Waals surface area contributed by atoms with E-state index in [1.54, 1.807) is 4.90 Å². The first kappa shape index (κ1) is 15.1. The van der Waals surface area contributed by atoms with Crippen molar-refractivity contribution in [2.24, 2.45) is 0 Å². The SMILES string of the molecule is CC(C)NC(=O)C1COCCN1C(=O)NC1CCOC1. The lowest BCUT2D eigenvalue weighted by molar-refractivity contribution is -0.130. The quantitative estimate of drug-likeness (QED) is 0.747. The summed E-state index contributed by atoms with van der Waals surface area (Å²) in [4.78, 5) is 26.0. The molecular weight excluding hydrogens is 262 g/mol. The van der Waals surface area contributed by atoms with Gasteiger partial charge in [-0.15, -0.1) is 0 Å². The average molecular weight is 285 g/mol. The maximum atomic E-state index is 12.3. The lowest BCUT2D eigenvalue weighted by atomic mass is 10.2. The molecule has 2 unspecified atom stereocenters. The predicted octanol–water partition coefficient (Wildman–Crippen LogP) is -0.290. The highest BCUT2D eigenvalue weighted by Crippen LogP contribution is 2.10. The van der Waals surface area contributed by atoms with E-state index in [4.69, 9.17) is 9.47 Å². The number of ether oxygens (including phenoxy) is 2. The second kappa shape index (κ2) is 6.90. The topological polar surface area (TPSA) is 79.9 Å². The molecule has 2 aliphatic rings. The Hall–Kier alpha value is -1.34. The van der Waals surface area contributed by atoms with E-state index in [1.807, 2.05) is 13.8 Å². The van der Waals surface area contributed by atoms with Gasteiger partial charge in [0.2, 0.25) is 5.91 Å². The summed E-state index contributed by atoms with van der Waals surface area (Å²) in [6.45, 7) is 6.12. The number of rotatable bonds is 3. The van der Waals surface area contributed by atoms with E-state index in [9.17, 15) is 9.59 Å². The third-order valence-electron chi connectivity index (χ3n) is 3.38. The Balaban J connectivity index is 1.94. The first-order chi connectivity index (χ1) is 9.58. The average Bonchev–Trinajstić information content (AvgIpc) is 2.90. The van der Waals surface area contributed by atoms with E-state index in [-0.39, 0.29) is 30.6 Å².